The van der Waals surface area contributed by atoms with Gasteiger partial charge in [-0.25, -0.2) is 4.79 Å². The summed E-state index contributed by atoms with van der Waals surface area (Å²) in [5.74, 6) is 0.912. The molecule has 0 aliphatic carbocycles. The standard InChI is InChI=1S/C16H22N4O4/c1-11-9-17-4-5-20(11)10-15(21)19-16(22)18-12-2-3-13-14(8-12)24-7-6-23-13/h2-3,8,11,17H,4-7,9-10H2,1H3,(H2,18,19,21,22)/t11-/m0/s1. The first kappa shape index (κ1) is 16.5. The van der Waals surface area contributed by atoms with Crippen LogP contribution in [0, 0.1) is 0 Å². The van der Waals surface area contributed by atoms with Crippen LogP contribution in [0.2, 0.25) is 0 Å². The molecular weight excluding hydrogens is 312 g/mol. The summed E-state index contributed by atoms with van der Waals surface area (Å²) < 4.78 is 10.9. The second kappa shape index (κ2) is 7.50. The number of anilines is 1. The Bertz CT molecular complexity index is 622. The van der Waals surface area contributed by atoms with Crippen LogP contribution in [0.1, 0.15) is 6.92 Å². The van der Waals surface area contributed by atoms with E-state index in [4.69, 9.17) is 9.47 Å². The molecule has 3 rings (SSSR count). The molecule has 8 nitrogen and oxygen atoms in total. The number of nitrogens with one attached hydrogen (secondary N) is 3. The quantitative estimate of drug-likeness (QED) is 0.741. The molecular formula is C16H22N4O4. The summed E-state index contributed by atoms with van der Waals surface area (Å²) in [5, 5.41) is 8.25. The van der Waals surface area contributed by atoms with Crippen molar-refractivity contribution in [1.29, 1.82) is 0 Å². The summed E-state index contributed by atoms with van der Waals surface area (Å²) in [6.07, 6.45) is 0. The Labute approximate surface area is 140 Å². The van der Waals surface area contributed by atoms with Crippen molar-refractivity contribution in [2.75, 3.05) is 44.7 Å². The molecule has 0 spiro atoms. The maximum absolute atomic E-state index is 12.0. The molecule has 1 fully saturated rings. The molecule has 2 aliphatic rings. The molecule has 0 saturated carbocycles. The van der Waals surface area contributed by atoms with Gasteiger partial charge in [-0.15, -0.1) is 0 Å². The predicted molar refractivity (Wildman–Crippen MR) is 88.5 cm³/mol. The van der Waals surface area contributed by atoms with Gasteiger partial charge in [-0.2, -0.15) is 0 Å². The van der Waals surface area contributed by atoms with Gasteiger partial charge in [0.15, 0.2) is 11.5 Å². The van der Waals surface area contributed by atoms with Crippen molar-refractivity contribution in [2.24, 2.45) is 0 Å². The van der Waals surface area contributed by atoms with E-state index in [0.717, 1.165) is 19.6 Å². The molecule has 0 radical (unpaired) electrons. The van der Waals surface area contributed by atoms with Crippen LogP contribution in [0.3, 0.4) is 0 Å². The number of hydrogen-bond donors (Lipinski definition) is 3. The molecule has 24 heavy (non-hydrogen) atoms. The van der Waals surface area contributed by atoms with Gasteiger partial charge in [0.2, 0.25) is 5.91 Å². The molecule has 1 aromatic rings. The molecule has 130 valence electrons. The van der Waals surface area contributed by atoms with Crippen molar-refractivity contribution < 1.29 is 19.1 Å². The van der Waals surface area contributed by atoms with E-state index in [-0.39, 0.29) is 18.5 Å². The number of imide groups is 1. The topological polar surface area (TPSA) is 91.9 Å². The molecule has 0 bridgehead atoms. The van der Waals surface area contributed by atoms with E-state index in [2.05, 4.69) is 22.9 Å². The third-order valence-corrected chi connectivity index (χ3v) is 4.04. The Balaban J connectivity index is 1.50. The van der Waals surface area contributed by atoms with Crippen molar-refractivity contribution >= 4 is 17.6 Å². The number of carbonyl (C=O) groups is 2. The van der Waals surface area contributed by atoms with Gasteiger partial charge in [0.1, 0.15) is 13.2 Å². The number of hydrogen-bond acceptors (Lipinski definition) is 6. The zero-order valence-electron chi connectivity index (χ0n) is 13.6. The average molecular weight is 334 g/mol. The lowest BCUT2D eigenvalue weighted by atomic mass is 10.2. The van der Waals surface area contributed by atoms with Gasteiger partial charge >= 0.3 is 6.03 Å². The van der Waals surface area contributed by atoms with Gasteiger partial charge in [-0.1, -0.05) is 0 Å². The molecule has 3 amide bonds. The SMILES string of the molecule is C[C@H]1CNCCN1CC(=O)NC(=O)Nc1ccc2c(c1)OCCO2. The number of ether oxygens (including phenoxy) is 2. The number of carbonyl (C=O) groups excluding carboxylic acids is 2. The first-order valence-electron chi connectivity index (χ1n) is 8.07. The first-order chi connectivity index (χ1) is 11.6. The van der Waals surface area contributed by atoms with Crippen molar-refractivity contribution in [2.45, 2.75) is 13.0 Å². The molecule has 1 atom stereocenters. The lowest BCUT2D eigenvalue weighted by Gasteiger charge is -2.33. The second-order valence-electron chi connectivity index (χ2n) is 5.88. The normalized spacial score (nSPS) is 20.3. The maximum Gasteiger partial charge on any atom is 0.325 e. The van der Waals surface area contributed by atoms with Gasteiger partial charge in [0, 0.05) is 37.4 Å². The maximum atomic E-state index is 12.0. The Hall–Kier alpha value is -2.32. The number of piperazine rings is 1. The molecule has 3 N–H and O–H groups in total. The summed E-state index contributed by atoms with van der Waals surface area (Å²) in [4.78, 5) is 26.0. The van der Waals surface area contributed by atoms with Crippen LogP contribution in [0.15, 0.2) is 18.2 Å². The minimum Gasteiger partial charge on any atom is -0.486 e. The molecule has 1 saturated heterocycles. The van der Waals surface area contributed by atoms with Gasteiger partial charge in [-0.3, -0.25) is 15.0 Å². The molecule has 0 aromatic heterocycles. The molecule has 1 aromatic carbocycles. The second-order valence-corrected chi connectivity index (χ2v) is 5.88. The van der Waals surface area contributed by atoms with Gasteiger partial charge < -0.3 is 20.1 Å². The van der Waals surface area contributed by atoms with E-state index in [1.54, 1.807) is 18.2 Å². The van der Waals surface area contributed by atoms with Gasteiger partial charge in [-0.05, 0) is 19.1 Å². The van der Waals surface area contributed by atoms with Crippen LogP contribution in [0.25, 0.3) is 0 Å². The summed E-state index contributed by atoms with van der Waals surface area (Å²) in [6.45, 7) is 5.73. The lowest BCUT2D eigenvalue weighted by molar-refractivity contribution is -0.121. The summed E-state index contributed by atoms with van der Waals surface area (Å²) in [5.41, 5.74) is 0.542. The van der Waals surface area contributed by atoms with E-state index < -0.39 is 6.03 Å². The number of benzene rings is 1. The zero-order chi connectivity index (χ0) is 16.9. The number of rotatable bonds is 3. The average Bonchev–Trinajstić information content (AvgIpc) is 2.56. The fourth-order valence-corrected chi connectivity index (χ4v) is 2.75. The third-order valence-electron chi connectivity index (χ3n) is 4.04. The van der Waals surface area contributed by atoms with Crippen LogP contribution in [0.4, 0.5) is 10.5 Å². The third kappa shape index (κ3) is 4.15. The fraction of sp³-hybridized carbons (Fsp3) is 0.500. The predicted octanol–water partition coefficient (Wildman–Crippen LogP) is 0.400. The van der Waals surface area contributed by atoms with E-state index in [1.165, 1.54) is 0 Å². The van der Waals surface area contributed by atoms with Crippen molar-refractivity contribution in [3.8, 4) is 11.5 Å². The molecule has 0 unspecified atom stereocenters. The molecule has 8 heteroatoms. The van der Waals surface area contributed by atoms with E-state index >= 15 is 0 Å². The monoisotopic (exact) mass is 334 g/mol. The molecule has 2 heterocycles. The van der Waals surface area contributed by atoms with E-state index in [1.807, 2.05) is 4.90 Å². The number of nitrogens with zero attached hydrogens (tertiary/aromatic N) is 1. The minimum atomic E-state index is -0.556. The highest BCUT2D eigenvalue weighted by Gasteiger charge is 2.21. The summed E-state index contributed by atoms with van der Waals surface area (Å²) in [7, 11) is 0. The van der Waals surface area contributed by atoms with Gasteiger partial charge in [0.05, 0.1) is 6.54 Å². The van der Waals surface area contributed by atoms with E-state index in [9.17, 15) is 9.59 Å². The Morgan fingerprint density at radius 2 is 2.08 bits per heavy atom. The zero-order valence-corrected chi connectivity index (χ0v) is 13.6. The lowest BCUT2D eigenvalue weighted by Crippen LogP contribution is -2.53. The van der Waals surface area contributed by atoms with Crippen LogP contribution in [0.5, 0.6) is 11.5 Å². The van der Waals surface area contributed by atoms with E-state index in [0.29, 0.717) is 30.4 Å². The van der Waals surface area contributed by atoms with Crippen LogP contribution in [-0.4, -0.2) is 62.3 Å². The van der Waals surface area contributed by atoms with Gasteiger partial charge in [0.25, 0.3) is 0 Å². The Morgan fingerprint density at radius 3 is 2.88 bits per heavy atom. The Kier molecular flexibility index (Phi) is 5.17. The van der Waals surface area contributed by atoms with Crippen molar-refractivity contribution in [1.82, 2.24) is 15.5 Å². The smallest absolute Gasteiger partial charge is 0.325 e. The Morgan fingerprint density at radius 1 is 1.29 bits per heavy atom. The largest absolute Gasteiger partial charge is 0.486 e. The fourth-order valence-electron chi connectivity index (χ4n) is 2.75. The van der Waals surface area contributed by atoms with Crippen LogP contribution >= 0.6 is 0 Å². The highest BCUT2D eigenvalue weighted by atomic mass is 16.6. The first-order valence-corrected chi connectivity index (χ1v) is 8.07. The number of urea groups is 1. The molecule has 2 aliphatic heterocycles. The minimum absolute atomic E-state index is 0.206. The van der Waals surface area contributed by atoms with Crippen LogP contribution < -0.4 is 25.4 Å². The highest BCUT2D eigenvalue weighted by molar-refractivity contribution is 6.01. The van der Waals surface area contributed by atoms with Crippen molar-refractivity contribution in [3.63, 3.8) is 0 Å². The highest BCUT2D eigenvalue weighted by Crippen LogP contribution is 2.32. The summed E-state index contributed by atoms with van der Waals surface area (Å²) >= 11 is 0. The number of amides is 3. The summed E-state index contributed by atoms with van der Waals surface area (Å²) in [6, 6.07) is 4.83. The number of fused-ring (bicyclic) bond motifs is 1. The van der Waals surface area contributed by atoms with Crippen molar-refractivity contribution in [3.05, 3.63) is 18.2 Å². The van der Waals surface area contributed by atoms with Crippen LogP contribution in [-0.2, 0) is 4.79 Å².